The molecule has 2 aromatic rings. The quantitative estimate of drug-likeness (QED) is 0.373. The van der Waals surface area contributed by atoms with Crippen molar-refractivity contribution in [3.05, 3.63) is 67.6 Å². The SMILES string of the molecule is CCCCNC(=O)[C@@H](CC)N(Cc1ccc(Cl)cc1Cl)C(=O)Cc1c(Cl)cccc1Cl. The Morgan fingerprint density at radius 1 is 1.00 bits per heavy atom. The van der Waals surface area contributed by atoms with Gasteiger partial charge in [0.05, 0.1) is 6.42 Å². The Kier molecular flexibility index (Phi) is 10.4. The number of nitrogens with zero attached hydrogens (tertiary/aromatic N) is 1. The third kappa shape index (κ3) is 7.28. The summed E-state index contributed by atoms with van der Waals surface area (Å²) in [6, 6.07) is 9.52. The maximum atomic E-state index is 13.4. The van der Waals surface area contributed by atoms with Gasteiger partial charge in [0.25, 0.3) is 0 Å². The highest BCUT2D eigenvalue weighted by Crippen LogP contribution is 2.27. The van der Waals surface area contributed by atoms with E-state index in [9.17, 15) is 9.59 Å². The lowest BCUT2D eigenvalue weighted by molar-refractivity contribution is -0.140. The molecule has 0 heterocycles. The molecule has 0 unspecified atom stereocenters. The highest BCUT2D eigenvalue weighted by atomic mass is 35.5. The summed E-state index contributed by atoms with van der Waals surface area (Å²) in [5.74, 6) is -0.460. The van der Waals surface area contributed by atoms with Gasteiger partial charge in [-0.3, -0.25) is 9.59 Å². The number of amides is 2. The van der Waals surface area contributed by atoms with Gasteiger partial charge in [0, 0.05) is 33.2 Å². The number of benzene rings is 2. The topological polar surface area (TPSA) is 49.4 Å². The van der Waals surface area contributed by atoms with Crippen molar-refractivity contribution in [2.24, 2.45) is 0 Å². The van der Waals surface area contributed by atoms with Crippen LogP contribution in [-0.2, 0) is 22.6 Å². The Morgan fingerprint density at radius 2 is 1.68 bits per heavy atom. The normalized spacial score (nSPS) is 11.8. The van der Waals surface area contributed by atoms with Crippen LogP contribution in [0.4, 0.5) is 0 Å². The Bertz CT molecular complexity index is 900. The summed E-state index contributed by atoms with van der Waals surface area (Å²) in [7, 11) is 0. The fraction of sp³-hybridized carbons (Fsp3) is 0.391. The zero-order valence-corrected chi connectivity index (χ0v) is 20.6. The summed E-state index contributed by atoms with van der Waals surface area (Å²) < 4.78 is 0. The molecule has 0 radical (unpaired) electrons. The predicted molar refractivity (Wildman–Crippen MR) is 129 cm³/mol. The molecule has 0 spiro atoms. The molecule has 8 heteroatoms. The second kappa shape index (κ2) is 12.5. The van der Waals surface area contributed by atoms with Gasteiger partial charge >= 0.3 is 0 Å². The van der Waals surface area contributed by atoms with Gasteiger partial charge in [-0.2, -0.15) is 0 Å². The molecule has 0 saturated heterocycles. The third-order valence-electron chi connectivity index (χ3n) is 4.96. The number of unbranched alkanes of at least 4 members (excludes halogenated alkanes) is 1. The average molecular weight is 504 g/mol. The number of hydrogen-bond acceptors (Lipinski definition) is 2. The van der Waals surface area contributed by atoms with Crippen LogP contribution in [0.2, 0.25) is 20.1 Å². The number of carbonyl (C=O) groups excluding carboxylic acids is 2. The van der Waals surface area contributed by atoms with Gasteiger partial charge in [-0.05, 0) is 48.2 Å². The molecule has 0 bridgehead atoms. The second-order valence-electron chi connectivity index (χ2n) is 7.20. The van der Waals surface area contributed by atoms with E-state index >= 15 is 0 Å². The summed E-state index contributed by atoms with van der Waals surface area (Å²) in [4.78, 5) is 27.8. The van der Waals surface area contributed by atoms with Crippen LogP contribution in [0.15, 0.2) is 36.4 Å². The van der Waals surface area contributed by atoms with E-state index in [1.54, 1.807) is 36.4 Å². The average Bonchev–Trinajstić information content (AvgIpc) is 2.72. The van der Waals surface area contributed by atoms with E-state index in [1.807, 2.05) is 6.92 Å². The van der Waals surface area contributed by atoms with Gasteiger partial charge in [-0.15, -0.1) is 0 Å². The van der Waals surface area contributed by atoms with Gasteiger partial charge in [0.1, 0.15) is 6.04 Å². The van der Waals surface area contributed by atoms with E-state index in [4.69, 9.17) is 46.4 Å². The van der Waals surface area contributed by atoms with Crippen molar-refractivity contribution in [3.63, 3.8) is 0 Å². The summed E-state index contributed by atoms with van der Waals surface area (Å²) in [6.07, 6.45) is 2.26. The lowest BCUT2D eigenvalue weighted by Crippen LogP contribution is -2.49. The summed E-state index contributed by atoms with van der Waals surface area (Å²) >= 11 is 24.9. The third-order valence-corrected chi connectivity index (χ3v) is 6.26. The van der Waals surface area contributed by atoms with Crippen LogP contribution >= 0.6 is 46.4 Å². The van der Waals surface area contributed by atoms with Crippen LogP contribution in [-0.4, -0.2) is 29.3 Å². The molecule has 1 N–H and O–H groups in total. The molecule has 0 fully saturated rings. The first-order chi connectivity index (χ1) is 14.8. The molecule has 2 rings (SSSR count). The van der Waals surface area contributed by atoms with E-state index in [-0.39, 0.29) is 24.8 Å². The minimum absolute atomic E-state index is 0.0253. The minimum Gasteiger partial charge on any atom is -0.354 e. The molecule has 2 aromatic carbocycles. The number of carbonyl (C=O) groups is 2. The van der Waals surface area contributed by atoms with Crippen LogP contribution in [0, 0.1) is 0 Å². The molecule has 168 valence electrons. The molecule has 31 heavy (non-hydrogen) atoms. The van der Waals surface area contributed by atoms with Crippen molar-refractivity contribution in [2.75, 3.05) is 6.54 Å². The zero-order valence-electron chi connectivity index (χ0n) is 17.6. The van der Waals surface area contributed by atoms with Gasteiger partial charge in [-0.25, -0.2) is 0 Å². The first-order valence-corrected chi connectivity index (χ1v) is 11.7. The molecule has 1 atom stereocenters. The molecule has 0 aliphatic carbocycles. The van der Waals surface area contributed by atoms with Crippen LogP contribution in [0.1, 0.15) is 44.2 Å². The van der Waals surface area contributed by atoms with Crippen molar-refractivity contribution >= 4 is 58.2 Å². The van der Waals surface area contributed by atoms with Gasteiger partial charge in [0.15, 0.2) is 0 Å². The second-order valence-corrected chi connectivity index (χ2v) is 8.86. The standard InChI is InChI=1S/C23H26Cl4N2O2/c1-3-5-11-28-23(31)21(4-2)29(14-15-9-10-16(24)12-20(15)27)22(30)13-17-18(25)7-6-8-19(17)26/h6-10,12,21H,3-5,11,13-14H2,1-2H3,(H,28,31)/t21-/m1/s1. The Balaban J connectivity index is 2.35. The van der Waals surface area contributed by atoms with E-state index in [0.29, 0.717) is 44.2 Å². The van der Waals surface area contributed by atoms with Crippen molar-refractivity contribution in [3.8, 4) is 0 Å². The zero-order chi connectivity index (χ0) is 23.0. The largest absolute Gasteiger partial charge is 0.354 e. The van der Waals surface area contributed by atoms with E-state index < -0.39 is 6.04 Å². The van der Waals surface area contributed by atoms with Crippen LogP contribution in [0.3, 0.4) is 0 Å². The highest BCUT2D eigenvalue weighted by Gasteiger charge is 2.29. The number of nitrogens with one attached hydrogen (secondary N) is 1. The Labute approximate surface area is 203 Å². The van der Waals surface area contributed by atoms with Crippen molar-refractivity contribution in [1.29, 1.82) is 0 Å². The fourth-order valence-corrected chi connectivity index (χ4v) is 4.21. The smallest absolute Gasteiger partial charge is 0.242 e. The Hall–Kier alpha value is -1.46. The predicted octanol–water partition coefficient (Wildman–Crippen LogP) is 6.57. The fourth-order valence-electron chi connectivity index (χ4n) is 3.21. The van der Waals surface area contributed by atoms with E-state index in [1.165, 1.54) is 4.90 Å². The Morgan fingerprint density at radius 3 is 2.26 bits per heavy atom. The summed E-state index contributed by atoms with van der Waals surface area (Å²) in [5, 5.41) is 4.67. The molecule has 4 nitrogen and oxygen atoms in total. The van der Waals surface area contributed by atoms with Crippen LogP contribution in [0.5, 0.6) is 0 Å². The number of hydrogen-bond donors (Lipinski definition) is 1. The van der Waals surface area contributed by atoms with Gasteiger partial charge in [-0.1, -0.05) is 78.8 Å². The van der Waals surface area contributed by atoms with Crippen LogP contribution < -0.4 is 5.32 Å². The minimum atomic E-state index is -0.655. The number of rotatable bonds is 10. The first kappa shape index (κ1) is 25.8. The van der Waals surface area contributed by atoms with Crippen molar-refractivity contribution in [2.45, 2.75) is 52.1 Å². The molecule has 2 amide bonds. The van der Waals surface area contributed by atoms with Crippen LogP contribution in [0.25, 0.3) is 0 Å². The molecule has 0 aliphatic rings. The molecular formula is C23H26Cl4N2O2. The molecule has 0 aliphatic heterocycles. The monoisotopic (exact) mass is 502 g/mol. The van der Waals surface area contributed by atoms with Crippen molar-refractivity contribution in [1.82, 2.24) is 10.2 Å². The van der Waals surface area contributed by atoms with Crippen molar-refractivity contribution < 1.29 is 9.59 Å². The van der Waals surface area contributed by atoms with Gasteiger partial charge < -0.3 is 10.2 Å². The summed E-state index contributed by atoms with van der Waals surface area (Å²) in [5.41, 5.74) is 1.23. The van der Waals surface area contributed by atoms with E-state index in [2.05, 4.69) is 12.2 Å². The highest BCUT2D eigenvalue weighted by molar-refractivity contribution is 6.36. The van der Waals surface area contributed by atoms with Gasteiger partial charge in [0.2, 0.25) is 11.8 Å². The maximum absolute atomic E-state index is 13.4. The molecule has 0 saturated carbocycles. The lowest BCUT2D eigenvalue weighted by atomic mass is 10.1. The number of halogens is 4. The maximum Gasteiger partial charge on any atom is 0.242 e. The van der Waals surface area contributed by atoms with E-state index in [0.717, 1.165) is 12.8 Å². The first-order valence-electron chi connectivity index (χ1n) is 10.2. The summed E-state index contributed by atoms with van der Waals surface area (Å²) in [6.45, 7) is 4.65. The lowest BCUT2D eigenvalue weighted by Gasteiger charge is -2.31. The molecular weight excluding hydrogens is 478 g/mol. The molecule has 0 aromatic heterocycles.